The Morgan fingerprint density at radius 2 is 1.94 bits per heavy atom. The molecule has 0 N–H and O–H groups in total. The van der Waals surface area contributed by atoms with E-state index in [1.165, 1.54) is 11.8 Å². The van der Waals surface area contributed by atoms with Gasteiger partial charge in [-0.2, -0.15) is 5.26 Å². The van der Waals surface area contributed by atoms with E-state index in [-0.39, 0.29) is 0 Å². The van der Waals surface area contributed by atoms with Gasteiger partial charge < -0.3 is 0 Å². The molecule has 0 aliphatic rings. The summed E-state index contributed by atoms with van der Waals surface area (Å²) in [5, 5.41) is 9.92. The molecule has 0 radical (unpaired) electrons. The van der Waals surface area contributed by atoms with Crippen molar-refractivity contribution in [3.8, 4) is 6.07 Å². The van der Waals surface area contributed by atoms with Gasteiger partial charge in [-0.25, -0.2) is 4.98 Å². The lowest BCUT2D eigenvalue weighted by atomic mass is 10.3. The highest BCUT2D eigenvalue weighted by atomic mass is 79.9. The molecule has 0 bridgehead atoms. The third kappa shape index (κ3) is 3.01. The van der Waals surface area contributed by atoms with Crippen LogP contribution in [-0.2, 0) is 0 Å². The largest absolute Gasteiger partial charge is 0.248 e. The normalized spacial score (nSPS) is 9.94. The SMILES string of the molecule is N#Cc1ccnc(Sc2ccc(Br)cc2)c1Cl. The van der Waals surface area contributed by atoms with E-state index in [1.54, 1.807) is 12.3 Å². The minimum absolute atomic E-state index is 0.405. The predicted molar refractivity (Wildman–Crippen MR) is 72.2 cm³/mol. The van der Waals surface area contributed by atoms with Crippen LogP contribution in [0.1, 0.15) is 5.56 Å². The van der Waals surface area contributed by atoms with E-state index in [1.807, 2.05) is 30.3 Å². The second kappa shape index (κ2) is 5.54. The van der Waals surface area contributed by atoms with Gasteiger partial charge in [0.15, 0.2) is 0 Å². The van der Waals surface area contributed by atoms with Crippen LogP contribution in [0.25, 0.3) is 0 Å². The smallest absolute Gasteiger partial charge is 0.121 e. The summed E-state index contributed by atoms with van der Waals surface area (Å²) in [5.41, 5.74) is 0.446. The average molecular weight is 326 g/mol. The van der Waals surface area contributed by atoms with Crippen molar-refractivity contribution in [2.75, 3.05) is 0 Å². The minimum Gasteiger partial charge on any atom is -0.248 e. The number of nitrogens with zero attached hydrogens (tertiary/aromatic N) is 2. The van der Waals surface area contributed by atoms with Gasteiger partial charge in [-0.1, -0.05) is 39.3 Å². The summed E-state index contributed by atoms with van der Waals surface area (Å²) in [6.07, 6.45) is 1.59. The number of benzene rings is 1. The molecule has 17 heavy (non-hydrogen) atoms. The van der Waals surface area contributed by atoms with Crippen LogP contribution in [0.3, 0.4) is 0 Å². The third-order valence-electron chi connectivity index (χ3n) is 2.01. The van der Waals surface area contributed by atoms with Crippen LogP contribution in [0.4, 0.5) is 0 Å². The monoisotopic (exact) mass is 324 g/mol. The first-order valence-electron chi connectivity index (χ1n) is 4.69. The Kier molecular flexibility index (Phi) is 4.06. The van der Waals surface area contributed by atoms with Crippen LogP contribution in [0, 0.1) is 11.3 Å². The molecule has 0 saturated heterocycles. The molecular formula is C12H6BrClN2S. The number of hydrogen-bond acceptors (Lipinski definition) is 3. The summed E-state index contributed by atoms with van der Waals surface area (Å²) in [4.78, 5) is 5.20. The number of nitriles is 1. The van der Waals surface area contributed by atoms with Crippen molar-refractivity contribution >= 4 is 39.3 Å². The van der Waals surface area contributed by atoms with Gasteiger partial charge in [0.05, 0.1) is 10.6 Å². The fourth-order valence-corrected chi connectivity index (χ4v) is 2.54. The van der Waals surface area contributed by atoms with E-state index in [0.29, 0.717) is 15.6 Å². The highest BCUT2D eigenvalue weighted by Crippen LogP contribution is 2.33. The first-order valence-corrected chi connectivity index (χ1v) is 6.67. The van der Waals surface area contributed by atoms with E-state index in [9.17, 15) is 0 Å². The quantitative estimate of drug-likeness (QED) is 0.814. The van der Waals surface area contributed by atoms with Crippen molar-refractivity contribution in [1.82, 2.24) is 4.98 Å². The Morgan fingerprint density at radius 1 is 1.24 bits per heavy atom. The summed E-state index contributed by atoms with van der Waals surface area (Å²) < 4.78 is 1.02. The Labute approximate surface area is 117 Å². The Bertz CT molecular complexity index is 578. The predicted octanol–water partition coefficient (Wildman–Crippen LogP) is 4.52. The summed E-state index contributed by atoms with van der Waals surface area (Å²) in [5.74, 6) is 0. The number of rotatable bonds is 2. The lowest BCUT2D eigenvalue weighted by Gasteiger charge is -2.04. The standard InChI is InChI=1S/C12H6BrClN2S/c13-9-1-3-10(4-2-9)17-12-11(14)8(7-15)5-6-16-12/h1-6H. The van der Waals surface area contributed by atoms with E-state index in [4.69, 9.17) is 16.9 Å². The molecule has 2 aromatic rings. The number of halogens is 2. The maximum atomic E-state index is 8.87. The Hall–Kier alpha value is -1.02. The van der Waals surface area contributed by atoms with Crippen molar-refractivity contribution in [3.05, 3.63) is 51.6 Å². The number of hydrogen-bond donors (Lipinski definition) is 0. The van der Waals surface area contributed by atoms with Crippen LogP contribution >= 0.6 is 39.3 Å². The molecule has 1 heterocycles. The van der Waals surface area contributed by atoms with Crippen molar-refractivity contribution in [3.63, 3.8) is 0 Å². The molecule has 0 aliphatic carbocycles. The minimum atomic E-state index is 0.405. The molecule has 5 heteroatoms. The van der Waals surface area contributed by atoms with Crippen LogP contribution in [0.2, 0.25) is 5.02 Å². The van der Waals surface area contributed by atoms with E-state index in [0.717, 1.165) is 9.37 Å². The lowest BCUT2D eigenvalue weighted by molar-refractivity contribution is 1.12. The zero-order valence-corrected chi connectivity index (χ0v) is 11.7. The first kappa shape index (κ1) is 12.4. The molecule has 1 aromatic carbocycles. The summed E-state index contributed by atoms with van der Waals surface area (Å²) in [7, 11) is 0. The molecule has 0 spiro atoms. The lowest BCUT2D eigenvalue weighted by Crippen LogP contribution is -1.85. The van der Waals surface area contributed by atoms with Crippen LogP contribution in [0.5, 0.6) is 0 Å². The van der Waals surface area contributed by atoms with Gasteiger partial charge in [0.25, 0.3) is 0 Å². The fourth-order valence-electron chi connectivity index (χ4n) is 1.20. The molecule has 2 rings (SSSR count). The second-order valence-corrected chi connectivity index (χ2v) is 5.50. The average Bonchev–Trinajstić information content (AvgIpc) is 2.35. The van der Waals surface area contributed by atoms with Gasteiger partial charge in [-0.15, -0.1) is 0 Å². The molecule has 2 nitrogen and oxygen atoms in total. The fraction of sp³-hybridized carbons (Fsp3) is 0. The molecule has 0 fully saturated rings. The number of pyridine rings is 1. The van der Waals surface area contributed by atoms with E-state index >= 15 is 0 Å². The molecule has 84 valence electrons. The maximum Gasteiger partial charge on any atom is 0.121 e. The van der Waals surface area contributed by atoms with Gasteiger partial charge in [-0.05, 0) is 30.3 Å². The third-order valence-corrected chi connectivity index (χ3v) is 4.04. The van der Waals surface area contributed by atoms with Crippen LogP contribution < -0.4 is 0 Å². The van der Waals surface area contributed by atoms with Crippen LogP contribution in [-0.4, -0.2) is 4.98 Å². The zero-order chi connectivity index (χ0) is 12.3. The van der Waals surface area contributed by atoms with Gasteiger partial charge in [0.1, 0.15) is 11.1 Å². The zero-order valence-electron chi connectivity index (χ0n) is 8.52. The molecule has 0 unspecified atom stereocenters. The van der Waals surface area contributed by atoms with Crippen molar-refractivity contribution in [2.45, 2.75) is 9.92 Å². The molecule has 0 atom stereocenters. The first-order chi connectivity index (χ1) is 8.20. The van der Waals surface area contributed by atoms with Gasteiger partial charge >= 0.3 is 0 Å². The van der Waals surface area contributed by atoms with Gasteiger partial charge in [0.2, 0.25) is 0 Å². The van der Waals surface area contributed by atoms with Crippen molar-refractivity contribution in [1.29, 1.82) is 5.26 Å². The van der Waals surface area contributed by atoms with E-state index < -0.39 is 0 Å². The van der Waals surface area contributed by atoms with E-state index in [2.05, 4.69) is 20.9 Å². The van der Waals surface area contributed by atoms with Gasteiger partial charge in [-0.3, -0.25) is 0 Å². The maximum absolute atomic E-state index is 8.87. The van der Waals surface area contributed by atoms with Gasteiger partial charge in [0, 0.05) is 15.6 Å². The van der Waals surface area contributed by atoms with Crippen molar-refractivity contribution in [2.24, 2.45) is 0 Å². The second-order valence-electron chi connectivity index (χ2n) is 3.15. The summed E-state index contributed by atoms with van der Waals surface area (Å²) in [6, 6.07) is 11.5. The molecule has 0 amide bonds. The summed E-state index contributed by atoms with van der Waals surface area (Å²) in [6.45, 7) is 0. The van der Waals surface area contributed by atoms with Crippen LogP contribution in [0.15, 0.2) is 50.9 Å². The highest BCUT2D eigenvalue weighted by Gasteiger charge is 2.08. The highest BCUT2D eigenvalue weighted by molar-refractivity contribution is 9.10. The summed E-state index contributed by atoms with van der Waals surface area (Å²) >= 11 is 10.9. The molecule has 0 saturated carbocycles. The Morgan fingerprint density at radius 3 is 2.59 bits per heavy atom. The number of aromatic nitrogens is 1. The Balaban J connectivity index is 2.31. The topological polar surface area (TPSA) is 36.7 Å². The molecule has 0 aliphatic heterocycles. The molecular weight excluding hydrogens is 320 g/mol. The molecule has 1 aromatic heterocycles. The van der Waals surface area contributed by atoms with Crippen molar-refractivity contribution < 1.29 is 0 Å².